The zero-order valence-electron chi connectivity index (χ0n) is 14.1. The van der Waals surface area contributed by atoms with Gasteiger partial charge in [-0.3, -0.25) is 9.59 Å². The van der Waals surface area contributed by atoms with Crippen LogP contribution in [-0.4, -0.2) is 36.1 Å². The van der Waals surface area contributed by atoms with E-state index in [-0.39, 0.29) is 22.8 Å². The summed E-state index contributed by atoms with van der Waals surface area (Å²) >= 11 is 0. The molecule has 0 aliphatic carbocycles. The van der Waals surface area contributed by atoms with Crippen molar-refractivity contribution in [1.29, 1.82) is 0 Å². The number of nitrogens with one attached hydrogen (secondary N) is 1. The molecule has 3 rings (SSSR count). The lowest BCUT2D eigenvalue weighted by molar-refractivity contribution is -0.133. The Morgan fingerprint density at radius 3 is 2.54 bits per heavy atom. The number of amides is 1. The number of hydrogen-bond acceptors (Lipinski definition) is 6. The van der Waals surface area contributed by atoms with Crippen LogP contribution in [0.1, 0.15) is 17.2 Å². The zero-order valence-corrected chi connectivity index (χ0v) is 14.1. The minimum Gasteiger partial charge on any atom is -0.507 e. The lowest BCUT2D eigenvalue weighted by Gasteiger charge is -2.15. The smallest absolute Gasteiger partial charge is 0.293 e. The predicted molar refractivity (Wildman–Crippen MR) is 93.1 cm³/mol. The molecule has 2 aromatic rings. The molecule has 0 bridgehead atoms. The Labute approximate surface area is 149 Å². The topological polar surface area (TPSA) is 105 Å². The van der Waals surface area contributed by atoms with E-state index in [9.17, 15) is 19.8 Å². The van der Waals surface area contributed by atoms with Gasteiger partial charge in [0.15, 0.2) is 11.5 Å². The van der Waals surface area contributed by atoms with Crippen LogP contribution >= 0.6 is 0 Å². The van der Waals surface area contributed by atoms with Crippen LogP contribution in [0.3, 0.4) is 0 Å². The van der Waals surface area contributed by atoms with Crippen molar-refractivity contribution in [2.45, 2.75) is 6.04 Å². The van der Waals surface area contributed by atoms with Gasteiger partial charge in [-0.15, -0.1) is 0 Å². The number of Topliss-reactive ketones (excluding diaryl/α,β-unsaturated/α-hetero) is 1. The first-order chi connectivity index (χ1) is 12.5. The molecule has 1 amide bonds. The summed E-state index contributed by atoms with van der Waals surface area (Å²) in [6.45, 7) is 0. The van der Waals surface area contributed by atoms with Crippen molar-refractivity contribution < 1.29 is 29.3 Å². The number of carbonyl (C=O) groups is 2. The Morgan fingerprint density at radius 1 is 1.08 bits per heavy atom. The molecule has 1 saturated heterocycles. The number of rotatable bonds is 4. The molecule has 1 aliphatic rings. The monoisotopic (exact) mass is 355 g/mol. The first kappa shape index (κ1) is 17.3. The van der Waals surface area contributed by atoms with Crippen LogP contribution in [0.25, 0.3) is 5.76 Å². The van der Waals surface area contributed by atoms with Gasteiger partial charge in [-0.05, 0) is 29.8 Å². The fourth-order valence-electron chi connectivity index (χ4n) is 2.82. The van der Waals surface area contributed by atoms with Crippen molar-refractivity contribution >= 4 is 17.4 Å². The number of phenolic OH excluding ortho intramolecular Hbond substituents is 1. The number of benzene rings is 2. The summed E-state index contributed by atoms with van der Waals surface area (Å²) in [6, 6.07) is 10.1. The van der Waals surface area contributed by atoms with Crippen LogP contribution in [0.5, 0.6) is 17.2 Å². The average molecular weight is 355 g/mol. The third kappa shape index (κ3) is 2.95. The summed E-state index contributed by atoms with van der Waals surface area (Å²) in [6.07, 6.45) is 0. The molecule has 26 heavy (non-hydrogen) atoms. The van der Waals surface area contributed by atoms with Gasteiger partial charge in [-0.25, -0.2) is 0 Å². The molecule has 1 aliphatic heterocycles. The molecule has 1 heterocycles. The van der Waals surface area contributed by atoms with Gasteiger partial charge >= 0.3 is 0 Å². The van der Waals surface area contributed by atoms with E-state index in [1.54, 1.807) is 30.3 Å². The molecule has 0 spiro atoms. The van der Waals surface area contributed by atoms with Crippen LogP contribution in [-0.2, 0) is 9.59 Å². The van der Waals surface area contributed by atoms with E-state index in [0.29, 0.717) is 16.9 Å². The van der Waals surface area contributed by atoms with Crippen LogP contribution in [0.15, 0.2) is 48.0 Å². The van der Waals surface area contributed by atoms with Gasteiger partial charge in [0.05, 0.1) is 25.8 Å². The van der Waals surface area contributed by atoms with E-state index >= 15 is 0 Å². The fraction of sp³-hybridized carbons (Fsp3) is 0.158. The van der Waals surface area contributed by atoms with Gasteiger partial charge in [0.2, 0.25) is 0 Å². The maximum Gasteiger partial charge on any atom is 0.293 e. The maximum absolute atomic E-state index is 12.3. The van der Waals surface area contributed by atoms with E-state index in [0.717, 1.165) is 0 Å². The van der Waals surface area contributed by atoms with Gasteiger partial charge < -0.3 is 25.0 Å². The SMILES string of the molecule is COc1cccc(/C(O)=C2/C(=O)C(=O)NC2c2ccc(O)c(OC)c2)c1. The van der Waals surface area contributed by atoms with Crippen LogP contribution in [0, 0.1) is 0 Å². The second-order valence-corrected chi connectivity index (χ2v) is 5.66. The third-order valence-electron chi connectivity index (χ3n) is 4.15. The molecule has 7 heteroatoms. The van der Waals surface area contributed by atoms with Crippen molar-refractivity contribution in [1.82, 2.24) is 5.32 Å². The van der Waals surface area contributed by atoms with Crippen LogP contribution in [0.2, 0.25) is 0 Å². The molecular formula is C19H17NO6. The lowest BCUT2D eigenvalue weighted by Crippen LogP contribution is -2.21. The number of ether oxygens (including phenoxy) is 2. The molecule has 1 unspecified atom stereocenters. The normalized spacial score (nSPS) is 18.5. The molecule has 0 radical (unpaired) electrons. The molecule has 7 nitrogen and oxygen atoms in total. The van der Waals surface area contributed by atoms with Gasteiger partial charge in [0, 0.05) is 5.56 Å². The Kier molecular flexibility index (Phi) is 4.53. The van der Waals surface area contributed by atoms with Crippen LogP contribution in [0.4, 0.5) is 0 Å². The van der Waals surface area contributed by atoms with Gasteiger partial charge in [0.1, 0.15) is 11.5 Å². The molecule has 0 aromatic heterocycles. The van der Waals surface area contributed by atoms with E-state index in [4.69, 9.17) is 9.47 Å². The number of hydrogen-bond donors (Lipinski definition) is 3. The van der Waals surface area contributed by atoms with Crippen molar-refractivity contribution in [3.8, 4) is 17.2 Å². The summed E-state index contributed by atoms with van der Waals surface area (Å²) in [4.78, 5) is 24.3. The summed E-state index contributed by atoms with van der Waals surface area (Å²) < 4.78 is 10.2. The molecule has 3 N–H and O–H groups in total. The number of aliphatic hydroxyl groups excluding tert-OH is 1. The highest BCUT2D eigenvalue weighted by Gasteiger charge is 2.39. The quantitative estimate of drug-likeness (QED) is 0.441. The maximum atomic E-state index is 12.3. The summed E-state index contributed by atoms with van der Waals surface area (Å²) in [5.74, 6) is -1.33. The van der Waals surface area contributed by atoms with E-state index in [1.807, 2.05) is 0 Å². The summed E-state index contributed by atoms with van der Waals surface area (Å²) in [5.41, 5.74) is 0.763. The molecule has 0 saturated carbocycles. The van der Waals surface area contributed by atoms with E-state index in [1.165, 1.54) is 26.4 Å². The Hall–Kier alpha value is -3.48. The molecule has 134 valence electrons. The molecule has 2 aromatic carbocycles. The minimum absolute atomic E-state index is 0.0732. The third-order valence-corrected chi connectivity index (χ3v) is 4.15. The number of methoxy groups -OCH3 is 2. The highest BCUT2D eigenvalue weighted by atomic mass is 16.5. The van der Waals surface area contributed by atoms with Crippen molar-refractivity contribution in [2.75, 3.05) is 14.2 Å². The van der Waals surface area contributed by atoms with Crippen molar-refractivity contribution in [3.05, 3.63) is 59.2 Å². The zero-order chi connectivity index (χ0) is 18.8. The highest BCUT2D eigenvalue weighted by molar-refractivity contribution is 6.46. The summed E-state index contributed by atoms with van der Waals surface area (Å²) in [7, 11) is 2.88. The van der Waals surface area contributed by atoms with Gasteiger partial charge in [-0.1, -0.05) is 18.2 Å². The van der Waals surface area contributed by atoms with E-state index < -0.39 is 17.7 Å². The first-order valence-electron chi connectivity index (χ1n) is 7.76. The van der Waals surface area contributed by atoms with Gasteiger partial charge in [-0.2, -0.15) is 0 Å². The Bertz CT molecular complexity index is 918. The molecular weight excluding hydrogens is 338 g/mol. The first-order valence-corrected chi connectivity index (χ1v) is 7.76. The number of aliphatic hydroxyl groups is 1. The molecule has 1 atom stereocenters. The van der Waals surface area contributed by atoms with E-state index in [2.05, 4.69) is 5.32 Å². The Morgan fingerprint density at radius 2 is 1.85 bits per heavy atom. The molecule has 1 fully saturated rings. The van der Waals surface area contributed by atoms with Crippen LogP contribution < -0.4 is 14.8 Å². The standard InChI is InChI=1S/C19H17NO6/c1-25-12-5-3-4-11(8-12)17(22)15-16(20-19(24)18(15)23)10-6-7-13(21)14(9-10)26-2/h3-9,16,21-22H,1-2H3,(H,20,24)/b17-15-. The Balaban J connectivity index is 2.13. The highest BCUT2D eigenvalue weighted by Crippen LogP contribution is 2.36. The second kappa shape index (κ2) is 6.79. The van der Waals surface area contributed by atoms with Crippen molar-refractivity contribution in [2.24, 2.45) is 0 Å². The fourth-order valence-corrected chi connectivity index (χ4v) is 2.82. The predicted octanol–water partition coefficient (Wildman–Crippen LogP) is 2.12. The number of carbonyl (C=O) groups excluding carboxylic acids is 2. The average Bonchev–Trinajstić information content (AvgIpc) is 2.96. The second-order valence-electron chi connectivity index (χ2n) is 5.66. The largest absolute Gasteiger partial charge is 0.507 e. The number of ketones is 1. The lowest BCUT2D eigenvalue weighted by atomic mass is 9.95. The minimum atomic E-state index is -0.865. The van der Waals surface area contributed by atoms with Gasteiger partial charge in [0.25, 0.3) is 11.7 Å². The number of phenols is 1. The number of aromatic hydroxyl groups is 1. The van der Waals surface area contributed by atoms with Crippen molar-refractivity contribution in [3.63, 3.8) is 0 Å². The summed E-state index contributed by atoms with van der Waals surface area (Å²) in [5, 5.41) is 23.0.